The summed E-state index contributed by atoms with van der Waals surface area (Å²) in [6.07, 6.45) is 2.91. The molecule has 3 rings (SSSR count). The first-order chi connectivity index (χ1) is 10.0. The summed E-state index contributed by atoms with van der Waals surface area (Å²) in [4.78, 5) is 24.5. The lowest BCUT2D eigenvalue weighted by Gasteiger charge is -2.04. The van der Waals surface area contributed by atoms with Crippen LogP contribution in [0.25, 0.3) is 11.0 Å². The number of nitrogens with one attached hydrogen (secondary N) is 1. The Labute approximate surface area is 129 Å². The topological polar surface area (TPSA) is 72.7 Å². The lowest BCUT2D eigenvalue weighted by atomic mass is 10.2. The van der Waals surface area contributed by atoms with Gasteiger partial charge in [0.05, 0.1) is 23.4 Å². The zero-order chi connectivity index (χ0) is 15.0. The van der Waals surface area contributed by atoms with Crippen molar-refractivity contribution in [2.75, 3.05) is 5.32 Å². The third-order valence-electron chi connectivity index (χ3n) is 3.22. The van der Waals surface area contributed by atoms with Crippen molar-refractivity contribution in [2.45, 2.75) is 6.92 Å². The van der Waals surface area contributed by atoms with Gasteiger partial charge in [0.1, 0.15) is 16.1 Å². The van der Waals surface area contributed by atoms with E-state index in [1.165, 1.54) is 12.4 Å². The molecule has 0 bridgehead atoms. The van der Waals surface area contributed by atoms with E-state index in [-0.39, 0.29) is 11.6 Å². The average molecular weight is 346 g/mol. The van der Waals surface area contributed by atoms with Crippen LogP contribution in [0.3, 0.4) is 0 Å². The molecule has 2 heterocycles. The summed E-state index contributed by atoms with van der Waals surface area (Å²) in [6, 6.07) is 5.61. The number of nitrogens with zero attached hydrogens (tertiary/aromatic N) is 4. The number of anilines is 1. The number of carbonyl (C=O) groups is 1. The highest BCUT2D eigenvalue weighted by Crippen LogP contribution is 2.19. The number of halogens is 1. The van der Waals surface area contributed by atoms with Crippen LogP contribution in [0.5, 0.6) is 0 Å². The Balaban J connectivity index is 1.87. The van der Waals surface area contributed by atoms with E-state index in [1.54, 1.807) is 0 Å². The normalized spacial score (nSPS) is 10.8. The van der Waals surface area contributed by atoms with Crippen molar-refractivity contribution >= 4 is 38.6 Å². The molecule has 106 valence electrons. The second kappa shape index (κ2) is 5.25. The maximum Gasteiger partial charge on any atom is 0.275 e. The smallest absolute Gasteiger partial charge is 0.275 e. The maximum atomic E-state index is 12.1. The second-order valence-corrected chi connectivity index (χ2v) is 5.41. The minimum Gasteiger partial charge on any atom is -0.331 e. The van der Waals surface area contributed by atoms with E-state index < -0.39 is 0 Å². The lowest BCUT2D eigenvalue weighted by Crippen LogP contribution is -2.13. The summed E-state index contributed by atoms with van der Waals surface area (Å²) in [5, 5.41) is 2.79. The fourth-order valence-electron chi connectivity index (χ4n) is 2.02. The van der Waals surface area contributed by atoms with Crippen LogP contribution in [0.4, 0.5) is 5.69 Å². The molecule has 1 amide bonds. The molecule has 0 saturated heterocycles. The molecule has 0 spiro atoms. The Bertz CT molecular complexity index is 825. The summed E-state index contributed by atoms with van der Waals surface area (Å²) >= 11 is 3.18. The minimum atomic E-state index is -0.304. The molecular weight excluding hydrogens is 334 g/mol. The Kier molecular flexibility index (Phi) is 3.42. The molecule has 1 N–H and O–H groups in total. The van der Waals surface area contributed by atoms with Gasteiger partial charge in [0.15, 0.2) is 0 Å². The van der Waals surface area contributed by atoms with Crippen molar-refractivity contribution in [1.29, 1.82) is 0 Å². The Morgan fingerprint density at radius 2 is 2.10 bits per heavy atom. The number of rotatable bonds is 2. The molecule has 0 saturated carbocycles. The maximum absolute atomic E-state index is 12.1. The van der Waals surface area contributed by atoms with Crippen molar-refractivity contribution in [3.8, 4) is 0 Å². The van der Waals surface area contributed by atoms with Gasteiger partial charge in [-0.15, -0.1) is 0 Å². The van der Waals surface area contributed by atoms with E-state index >= 15 is 0 Å². The molecule has 0 aliphatic heterocycles. The van der Waals surface area contributed by atoms with Crippen molar-refractivity contribution < 1.29 is 4.79 Å². The van der Waals surface area contributed by atoms with Gasteiger partial charge in [-0.1, -0.05) is 0 Å². The SMILES string of the molecule is Cc1nc2cc(NC(=O)c3cnc(Br)cn3)ccc2n1C. The van der Waals surface area contributed by atoms with Gasteiger partial charge in [-0.25, -0.2) is 15.0 Å². The predicted octanol–water partition coefficient (Wildman–Crippen LogP) is 2.69. The molecule has 1 aromatic carbocycles. The van der Waals surface area contributed by atoms with Gasteiger partial charge in [0.2, 0.25) is 0 Å². The standard InChI is InChI=1S/C14H12BrN5O/c1-8-18-10-5-9(3-4-12(10)20(8)2)19-14(21)11-6-17-13(15)7-16-11/h3-7H,1-2H3,(H,19,21). The number of hydrogen-bond acceptors (Lipinski definition) is 4. The molecule has 7 heteroatoms. The molecule has 6 nitrogen and oxygen atoms in total. The first kappa shape index (κ1) is 13.7. The largest absolute Gasteiger partial charge is 0.331 e. The van der Waals surface area contributed by atoms with Crippen LogP contribution in [-0.2, 0) is 7.05 Å². The highest BCUT2D eigenvalue weighted by Gasteiger charge is 2.10. The zero-order valence-electron chi connectivity index (χ0n) is 11.5. The number of aryl methyl sites for hydroxylation is 2. The Morgan fingerprint density at radius 3 is 2.81 bits per heavy atom. The van der Waals surface area contributed by atoms with Crippen LogP contribution >= 0.6 is 15.9 Å². The van der Waals surface area contributed by atoms with Crippen molar-refractivity contribution in [1.82, 2.24) is 19.5 Å². The number of aromatic nitrogens is 4. The van der Waals surface area contributed by atoms with E-state index in [2.05, 4.69) is 36.2 Å². The van der Waals surface area contributed by atoms with Crippen LogP contribution in [0.2, 0.25) is 0 Å². The van der Waals surface area contributed by atoms with Gasteiger partial charge in [0.25, 0.3) is 5.91 Å². The van der Waals surface area contributed by atoms with E-state index in [9.17, 15) is 4.79 Å². The molecule has 0 atom stereocenters. The molecule has 0 radical (unpaired) electrons. The quantitative estimate of drug-likeness (QED) is 0.774. The van der Waals surface area contributed by atoms with Crippen LogP contribution < -0.4 is 5.32 Å². The first-order valence-electron chi connectivity index (χ1n) is 6.26. The number of benzene rings is 1. The van der Waals surface area contributed by atoms with E-state index in [0.717, 1.165) is 16.9 Å². The summed E-state index contributed by atoms with van der Waals surface area (Å²) < 4.78 is 2.59. The number of imidazole rings is 1. The van der Waals surface area contributed by atoms with Gasteiger partial charge in [0, 0.05) is 12.7 Å². The second-order valence-electron chi connectivity index (χ2n) is 4.60. The fourth-order valence-corrected chi connectivity index (χ4v) is 2.23. The Hall–Kier alpha value is -2.28. The van der Waals surface area contributed by atoms with E-state index in [1.807, 2.05) is 36.7 Å². The summed E-state index contributed by atoms with van der Waals surface area (Å²) in [6.45, 7) is 1.94. The molecule has 0 unspecified atom stereocenters. The summed E-state index contributed by atoms with van der Waals surface area (Å²) in [7, 11) is 1.96. The molecule has 0 fully saturated rings. The van der Waals surface area contributed by atoms with Gasteiger partial charge >= 0.3 is 0 Å². The van der Waals surface area contributed by atoms with Gasteiger partial charge < -0.3 is 9.88 Å². The molecule has 21 heavy (non-hydrogen) atoms. The van der Waals surface area contributed by atoms with Gasteiger partial charge in [-0.3, -0.25) is 4.79 Å². The number of hydrogen-bond donors (Lipinski definition) is 1. The van der Waals surface area contributed by atoms with Crippen LogP contribution in [0.1, 0.15) is 16.3 Å². The number of carbonyl (C=O) groups excluding carboxylic acids is 1. The van der Waals surface area contributed by atoms with Gasteiger partial charge in [-0.05, 0) is 41.1 Å². The number of fused-ring (bicyclic) bond motifs is 1. The average Bonchev–Trinajstić information content (AvgIpc) is 2.74. The van der Waals surface area contributed by atoms with Crippen LogP contribution in [0.15, 0.2) is 35.2 Å². The van der Waals surface area contributed by atoms with Crippen LogP contribution in [0, 0.1) is 6.92 Å². The molecule has 3 aromatic rings. The third-order valence-corrected chi connectivity index (χ3v) is 3.62. The molecule has 0 aliphatic carbocycles. The summed E-state index contributed by atoms with van der Waals surface area (Å²) in [5.41, 5.74) is 2.80. The predicted molar refractivity (Wildman–Crippen MR) is 83.1 cm³/mol. The lowest BCUT2D eigenvalue weighted by molar-refractivity contribution is 0.102. The van der Waals surface area contributed by atoms with Crippen molar-refractivity contribution in [3.63, 3.8) is 0 Å². The number of amides is 1. The first-order valence-corrected chi connectivity index (χ1v) is 7.06. The summed E-state index contributed by atoms with van der Waals surface area (Å²) in [5.74, 6) is 0.620. The van der Waals surface area contributed by atoms with Crippen molar-refractivity contribution in [3.05, 3.63) is 46.7 Å². The zero-order valence-corrected chi connectivity index (χ0v) is 13.0. The Morgan fingerprint density at radius 1 is 1.29 bits per heavy atom. The highest BCUT2D eigenvalue weighted by atomic mass is 79.9. The van der Waals surface area contributed by atoms with Crippen LogP contribution in [-0.4, -0.2) is 25.4 Å². The monoisotopic (exact) mass is 345 g/mol. The minimum absolute atomic E-state index is 0.260. The molecular formula is C14H12BrN5O. The molecule has 0 aliphatic rings. The molecule has 2 aromatic heterocycles. The van der Waals surface area contributed by atoms with E-state index in [0.29, 0.717) is 10.3 Å². The van der Waals surface area contributed by atoms with Crippen molar-refractivity contribution in [2.24, 2.45) is 7.05 Å². The third kappa shape index (κ3) is 2.64. The highest BCUT2D eigenvalue weighted by molar-refractivity contribution is 9.10. The van der Waals surface area contributed by atoms with E-state index in [4.69, 9.17) is 0 Å². The van der Waals surface area contributed by atoms with Gasteiger partial charge in [-0.2, -0.15) is 0 Å². The fraction of sp³-hybridized carbons (Fsp3) is 0.143.